The van der Waals surface area contributed by atoms with Crippen molar-refractivity contribution in [2.45, 2.75) is 13.0 Å². The Bertz CT molecular complexity index is 794. The molecule has 1 aliphatic rings. The second-order valence-electron chi connectivity index (χ2n) is 6.10. The first-order valence-corrected chi connectivity index (χ1v) is 9.15. The van der Waals surface area contributed by atoms with Crippen LogP contribution in [0.15, 0.2) is 48.1 Å². The Balaban J connectivity index is 1.40. The molecule has 0 radical (unpaired) electrons. The molecule has 4 heterocycles. The molecule has 4 rings (SSSR count). The predicted octanol–water partition coefficient (Wildman–Crippen LogP) is 2.74. The maximum Gasteiger partial charge on any atom is 0.263 e. The van der Waals surface area contributed by atoms with Gasteiger partial charge in [0.05, 0.1) is 10.6 Å². The van der Waals surface area contributed by atoms with Crippen molar-refractivity contribution in [1.82, 2.24) is 19.2 Å². The van der Waals surface area contributed by atoms with Gasteiger partial charge in [0.1, 0.15) is 5.65 Å². The Labute approximate surface area is 145 Å². The van der Waals surface area contributed by atoms with E-state index in [0.717, 1.165) is 55.4 Å². The highest BCUT2D eigenvalue weighted by Crippen LogP contribution is 2.15. The molecule has 124 valence electrons. The summed E-state index contributed by atoms with van der Waals surface area (Å²) in [5.74, 6) is 0.166. The molecule has 0 spiro atoms. The first-order valence-electron chi connectivity index (χ1n) is 8.27. The molecule has 1 saturated heterocycles. The minimum absolute atomic E-state index is 0.166. The van der Waals surface area contributed by atoms with Gasteiger partial charge in [0.25, 0.3) is 5.91 Å². The molecule has 0 N–H and O–H groups in total. The van der Waals surface area contributed by atoms with Crippen molar-refractivity contribution in [3.63, 3.8) is 0 Å². The van der Waals surface area contributed by atoms with Crippen LogP contribution in [-0.2, 0) is 6.54 Å². The zero-order chi connectivity index (χ0) is 16.4. The molecule has 1 fully saturated rings. The first-order chi connectivity index (χ1) is 11.8. The van der Waals surface area contributed by atoms with Crippen LogP contribution in [0.4, 0.5) is 0 Å². The monoisotopic (exact) mass is 340 g/mol. The van der Waals surface area contributed by atoms with E-state index >= 15 is 0 Å². The molecule has 0 aromatic carbocycles. The van der Waals surface area contributed by atoms with Crippen molar-refractivity contribution in [2.75, 3.05) is 26.2 Å². The molecule has 3 aromatic heterocycles. The van der Waals surface area contributed by atoms with E-state index in [1.54, 1.807) is 0 Å². The van der Waals surface area contributed by atoms with Gasteiger partial charge in [-0.25, -0.2) is 4.98 Å². The highest BCUT2D eigenvalue weighted by molar-refractivity contribution is 7.12. The molecule has 0 saturated carbocycles. The van der Waals surface area contributed by atoms with Crippen molar-refractivity contribution >= 4 is 22.9 Å². The molecule has 0 aliphatic carbocycles. The summed E-state index contributed by atoms with van der Waals surface area (Å²) in [4.78, 5) is 22.4. The number of fused-ring (bicyclic) bond motifs is 1. The number of thiophene rings is 1. The van der Waals surface area contributed by atoms with Crippen LogP contribution in [0, 0.1) is 0 Å². The van der Waals surface area contributed by atoms with Crippen LogP contribution < -0.4 is 0 Å². The highest BCUT2D eigenvalue weighted by Gasteiger charge is 2.21. The fourth-order valence-electron chi connectivity index (χ4n) is 3.18. The van der Waals surface area contributed by atoms with Crippen molar-refractivity contribution in [3.8, 4) is 0 Å². The Morgan fingerprint density at radius 1 is 1.12 bits per heavy atom. The number of aromatic nitrogens is 2. The van der Waals surface area contributed by atoms with Crippen LogP contribution in [0.2, 0.25) is 0 Å². The number of carbonyl (C=O) groups excluding carboxylic acids is 1. The summed E-state index contributed by atoms with van der Waals surface area (Å²) in [5.41, 5.74) is 2.07. The molecule has 0 bridgehead atoms. The van der Waals surface area contributed by atoms with Crippen LogP contribution >= 0.6 is 11.3 Å². The second-order valence-corrected chi connectivity index (χ2v) is 7.05. The fraction of sp³-hybridized carbons (Fsp3) is 0.333. The lowest BCUT2D eigenvalue weighted by atomic mass is 10.3. The number of nitrogens with zero attached hydrogens (tertiary/aromatic N) is 4. The molecule has 0 unspecified atom stereocenters. The third-order valence-corrected chi connectivity index (χ3v) is 5.27. The van der Waals surface area contributed by atoms with E-state index in [1.807, 2.05) is 46.8 Å². The van der Waals surface area contributed by atoms with Crippen molar-refractivity contribution in [3.05, 3.63) is 58.7 Å². The molecule has 1 aliphatic heterocycles. The van der Waals surface area contributed by atoms with Crippen LogP contribution in [-0.4, -0.2) is 51.3 Å². The maximum atomic E-state index is 12.5. The summed E-state index contributed by atoms with van der Waals surface area (Å²) in [5, 5.41) is 1.96. The number of pyridine rings is 1. The predicted molar refractivity (Wildman–Crippen MR) is 95.3 cm³/mol. The van der Waals surface area contributed by atoms with Gasteiger partial charge in [-0.3, -0.25) is 9.69 Å². The Hall–Kier alpha value is -2.18. The SMILES string of the molecule is O=C(c1cccs1)N1CCCN(Cc2cn3ccccc3n2)CC1. The van der Waals surface area contributed by atoms with Gasteiger partial charge in [-0.1, -0.05) is 12.1 Å². The Morgan fingerprint density at radius 2 is 2.08 bits per heavy atom. The van der Waals surface area contributed by atoms with Gasteiger partial charge in [0, 0.05) is 45.1 Å². The van der Waals surface area contributed by atoms with E-state index < -0.39 is 0 Å². The van der Waals surface area contributed by atoms with Crippen molar-refractivity contribution in [2.24, 2.45) is 0 Å². The van der Waals surface area contributed by atoms with Crippen LogP contribution in [0.5, 0.6) is 0 Å². The molecule has 3 aromatic rings. The number of imidazole rings is 1. The molecular weight excluding hydrogens is 320 g/mol. The lowest BCUT2D eigenvalue weighted by Gasteiger charge is -2.21. The van der Waals surface area contributed by atoms with Crippen LogP contribution in [0.25, 0.3) is 5.65 Å². The van der Waals surface area contributed by atoms with E-state index in [-0.39, 0.29) is 5.91 Å². The van der Waals surface area contributed by atoms with Crippen molar-refractivity contribution < 1.29 is 4.79 Å². The lowest BCUT2D eigenvalue weighted by molar-refractivity contribution is 0.0766. The van der Waals surface area contributed by atoms with E-state index in [2.05, 4.69) is 20.5 Å². The minimum Gasteiger partial charge on any atom is -0.337 e. The minimum atomic E-state index is 0.166. The number of hydrogen-bond donors (Lipinski definition) is 0. The molecule has 24 heavy (non-hydrogen) atoms. The largest absolute Gasteiger partial charge is 0.337 e. The molecular formula is C18H20N4OS. The van der Waals surface area contributed by atoms with Gasteiger partial charge in [-0.15, -0.1) is 11.3 Å². The summed E-state index contributed by atoms with van der Waals surface area (Å²) in [6.45, 7) is 4.35. The van der Waals surface area contributed by atoms with Gasteiger partial charge in [0.15, 0.2) is 0 Å². The number of hydrogen-bond acceptors (Lipinski definition) is 4. The lowest BCUT2D eigenvalue weighted by Crippen LogP contribution is -2.34. The summed E-state index contributed by atoms with van der Waals surface area (Å²) in [7, 11) is 0. The van der Waals surface area contributed by atoms with E-state index in [4.69, 9.17) is 0 Å². The van der Waals surface area contributed by atoms with Gasteiger partial charge in [0.2, 0.25) is 0 Å². The zero-order valence-corrected chi connectivity index (χ0v) is 14.3. The standard InChI is InChI=1S/C18H20N4OS/c23-18(16-5-3-12-24-16)21-9-4-7-20(10-11-21)13-15-14-22-8-2-1-6-17(22)19-15/h1-3,5-6,8,12,14H,4,7,9-11,13H2. The Kier molecular flexibility index (Phi) is 4.32. The molecule has 6 heteroatoms. The smallest absolute Gasteiger partial charge is 0.263 e. The van der Waals surface area contributed by atoms with E-state index in [9.17, 15) is 4.79 Å². The topological polar surface area (TPSA) is 40.9 Å². The second kappa shape index (κ2) is 6.75. The summed E-state index contributed by atoms with van der Waals surface area (Å²) in [6.07, 6.45) is 5.12. The molecule has 0 atom stereocenters. The normalized spacial score (nSPS) is 16.4. The summed E-state index contributed by atoms with van der Waals surface area (Å²) in [6, 6.07) is 9.88. The van der Waals surface area contributed by atoms with Gasteiger partial charge >= 0.3 is 0 Å². The van der Waals surface area contributed by atoms with Crippen LogP contribution in [0.3, 0.4) is 0 Å². The van der Waals surface area contributed by atoms with Gasteiger partial charge in [-0.05, 0) is 30.0 Å². The van der Waals surface area contributed by atoms with Gasteiger partial charge < -0.3 is 9.30 Å². The maximum absolute atomic E-state index is 12.5. The zero-order valence-electron chi connectivity index (χ0n) is 13.5. The van der Waals surface area contributed by atoms with E-state index in [0.29, 0.717) is 0 Å². The summed E-state index contributed by atoms with van der Waals surface area (Å²) < 4.78 is 2.06. The average molecular weight is 340 g/mol. The highest BCUT2D eigenvalue weighted by atomic mass is 32.1. The third kappa shape index (κ3) is 3.20. The molecule has 1 amide bonds. The number of carbonyl (C=O) groups is 1. The number of amides is 1. The van der Waals surface area contributed by atoms with Crippen LogP contribution in [0.1, 0.15) is 21.8 Å². The number of rotatable bonds is 3. The average Bonchev–Trinajstić information content (AvgIpc) is 3.20. The fourth-order valence-corrected chi connectivity index (χ4v) is 3.87. The third-order valence-electron chi connectivity index (χ3n) is 4.41. The summed E-state index contributed by atoms with van der Waals surface area (Å²) >= 11 is 1.52. The first kappa shape index (κ1) is 15.4. The van der Waals surface area contributed by atoms with Gasteiger partial charge in [-0.2, -0.15) is 0 Å². The Morgan fingerprint density at radius 3 is 2.92 bits per heavy atom. The van der Waals surface area contributed by atoms with E-state index in [1.165, 1.54) is 11.3 Å². The van der Waals surface area contributed by atoms with Crippen molar-refractivity contribution in [1.29, 1.82) is 0 Å². The quantitative estimate of drug-likeness (QED) is 0.736. The molecule has 5 nitrogen and oxygen atoms in total.